The summed E-state index contributed by atoms with van der Waals surface area (Å²) in [7, 11) is 0. The summed E-state index contributed by atoms with van der Waals surface area (Å²) >= 11 is 0. The van der Waals surface area contributed by atoms with Gasteiger partial charge in [-0.25, -0.2) is 0 Å². The van der Waals surface area contributed by atoms with Gasteiger partial charge in [0.2, 0.25) is 0 Å². The van der Waals surface area contributed by atoms with Gasteiger partial charge in [0.15, 0.2) is 6.29 Å². The summed E-state index contributed by atoms with van der Waals surface area (Å²) in [6.45, 7) is 0. The van der Waals surface area contributed by atoms with Crippen molar-refractivity contribution >= 4 is 6.29 Å². The molecule has 0 radical (unpaired) electrons. The Morgan fingerprint density at radius 1 is 1.00 bits per heavy atom. The Morgan fingerprint density at radius 3 is 2.15 bits per heavy atom. The van der Waals surface area contributed by atoms with Crippen LogP contribution in [-0.4, -0.2) is 17.8 Å². The molecule has 0 spiro atoms. The summed E-state index contributed by atoms with van der Waals surface area (Å²) in [5.41, 5.74) is 1.31. The number of benzene rings is 2. The molecular weight excluding hydrogens is 273 g/mol. The molecule has 0 aromatic heterocycles. The molecule has 6 heteroatoms. The highest BCUT2D eigenvalue weighted by Gasteiger charge is 2.30. The number of hydrogen-bond donors (Lipinski definition) is 1. The van der Waals surface area contributed by atoms with Crippen LogP contribution in [0, 0.1) is 0 Å². The third-order valence-corrected chi connectivity index (χ3v) is 2.58. The molecule has 0 aliphatic heterocycles. The molecule has 104 valence electrons. The summed E-state index contributed by atoms with van der Waals surface area (Å²) in [5.74, 6) is -0.476. The first kappa shape index (κ1) is 13.9. The van der Waals surface area contributed by atoms with Crippen molar-refractivity contribution in [2.75, 3.05) is 0 Å². The summed E-state index contributed by atoms with van der Waals surface area (Å²) < 4.78 is 39.8. The van der Waals surface area contributed by atoms with Gasteiger partial charge in [-0.1, -0.05) is 18.2 Å². The minimum atomic E-state index is -4.73. The average Bonchev–Trinajstić information content (AvgIpc) is 2.38. The number of rotatable bonds is 3. The Hall–Kier alpha value is -2.50. The average molecular weight is 282 g/mol. The molecular formula is C14H9F3O3. The maximum atomic E-state index is 12.0. The molecule has 0 saturated heterocycles. The zero-order valence-electron chi connectivity index (χ0n) is 10.0. The molecule has 0 unspecified atom stereocenters. The molecule has 0 saturated carbocycles. The first-order chi connectivity index (χ1) is 9.39. The van der Waals surface area contributed by atoms with Gasteiger partial charge >= 0.3 is 6.36 Å². The number of phenols is 1. The highest BCUT2D eigenvalue weighted by atomic mass is 19.4. The quantitative estimate of drug-likeness (QED) is 0.872. The topological polar surface area (TPSA) is 46.5 Å². The van der Waals surface area contributed by atoms with Crippen LogP contribution in [0.5, 0.6) is 11.5 Å². The molecule has 0 fully saturated rings. The van der Waals surface area contributed by atoms with Gasteiger partial charge < -0.3 is 9.84 Å². The van der Waals surface area contributed by atoms with E-state index in [1.807, 2.05) is 0 Å². The van der Waals surface area contributed by atoms with E-state index in [9.17, 15) is 23.1 Å². The van der Waals surface area contributed by atoms with Gasteiger partial charge in [-0.05, 0) is 35.4 Å². The van der Waals surface area contributed by atoms with Crippen molar-refractivity contribution in [2.24, 2.45) is 0 Å². The van der Waals surface area contributed by atoms with Crippen LogP contribution < -0.4 is 4.74 Å². The Balaban J connectivity index is 2.28. The number of aldehydes is 1. The van der Waals surface area contributed by atoms with Gasteiger partial charge in [-0.2, -0.15) is 0 Å². The van der Waals surface area contributed by atoms with Crippen molar-refractivity contribution in [1.82, 2.24) is 0 Å². The summed E-state index contributed by atoms with van der Waals surface area (Å²) in [6, 6.07) is 9.57. The lowest BCUT2D eigenvalue weighted by molar-refractivity contribution is -0.274. The van der Waals surface area contributed by atoms with E-state index in [2.05, 4.69) is 4.74 Å². The molecule has 0 aliphatic carbocycles. The zero-order valence-corrected chi connectivity index (χ0v) is 10.0. The van der Waals surface area contributed by atoms with Crippen LogP contribution in [0.2, 0.25) is 0 Å². The highest BCUT2D eigenvalue weighted by Crippen LogP contribution is 2.28. The lowest BCUT2D eigenvalue weighted by Gasteiger charge is -2.09. The van der Waals surface area contributed by atoms with Crippen molar-refractivity contribution in [3.05, 3.63) is 48.0 Å². The second kappa shape index (κ2) is 5.24. The molecule has 1 N–H and O–H groups in total. The zero-order chi connectivity index (χ0) is 14.8. The van der Waals surface area contributed by atoms with Crippen LogP contribution in [-0.2, 0) is 0 Å². The van der Waals surface area contributed by atoms with E-state index in [-0.39, 0.29) is 17.1 Å². The van der Waals surface area contributed by atoms with E-state index in [1.165, 1.54) is 36.4 Å². The van der Waals surface area contributed by atoms with Crippen LogP contribution in [0.1, 0.15) is 10.4 Å². The van der Waals surface area contributed by atoms with E-state index in [0.29, 0.717) is 17.4 Å². The van der Waals surface area contributed by atoms with Crippen molar-refractivity contribution in [2.45, 2.75) is 6.36 Å². The van der Waals surface area contributed by atoms with E-state index >= 15 is 0 Å². The Morgan fingerprint density at radius 2 is 1.60 bits per heavy atom. The van der Waals surface area contributed by atoms with Gasteiger partial charge in [0.1, 0.15) is 11.5 Å². The van der Waals surface area contributed by atoms with Crippen molar-refractivity contribution in [1.29, 1.82) is 0 Å². The first-order valence-corrected chi connectivity index (χ1v) is 5.53. The van der Waals surface area contributed by atoms with Crippen LogP contribution in [0.15, 0.2) is 42.5 Å². The summed E-state index contributed by atoms with van der Waals surface area (Å²) in [6.07, 6.45) is -4.23. The molecule has 0 atom stereocenters. The maximum Gasteiger partial charge on any atom is 0.573 e. The monoisotopic (exact) mass is 282 g/mol. The second-order valence-electron chi connectivity index (χ2n) is 3.96. The third kappa shape index (κ3) is 3.28. The molecule has 0 bridgehead atoms. The minimum Gasteiger partial charge on any atom is -0.507 e. The second-order valence-corrected chi connectivity index (χ2v) is 3.96. The number of carbonyl (C=O) groups excluding carboxylic acids is 1. The highest BCUT2D eigenvalue weighted by molar-refractivity contribution is 5.82. The Bertz CT molecular complexity index is 619. The largest absolute Gasteiger partial charge is 0.573 e. The van der Waals surface area contributed by atoms with Crippen molar-refractivity contribution in [3.63, 3.8) is 0 Å². The summed E-state index contributed by atoms with van der Waals surface area (Å²) in [4.78, 5) is 10.7. The molecule has 20 heavy (non-hydrogen) atoms. The van der Waals surface area contributed by atoms with E-state index in [4.69, 9.17) is 0 Å². The number of ether oxygens (including phenoxy) is 1. The predicted octanol–water partition coefficient (Wildman–Crippen LogP) is 3.77. The van der Waals surface area contributed by atoms with Gasteiger partial charge in [0.25, 0.3) is 0 Å². The number of aromatic hydroxyl groups is 1. The number of alkyl halides is 3. The number of phenolic OH excluding ortho intramolecular Hbond substituents is 1. The van der Waals surface area contributed by atoms with Gasteiger partial charge in [0.05, 0.1) is 5.56 Å². The molecule has 2 rings (SSSR count). The van der Waals surface area contributed by atoms with E-state index in [0.717, 1.165) is 0 Å². The molecule has 0 aliphatic rings. The fraction of sp³-hybridized carbons (Fsp3) is 0.0714. The molecule has 0 heterocycles. The standard InChI is InChI=1S/C14H9F3O3/c15-14(16,17)20-12-4-1-9(2-5-12)10-3-6-13(19)11(7-10)8-18/h1-8,19H. The van der Waals surface area contributed by atoms with Crippen molar-refractivity contribution in [3.8, 4) is 22.6 Å². The third-order valence-electron chi connectivity index (χ3n) is 2.58. The van der Waals surface area contributed by atoms with E-state index in [1.54, 1.807) is 6.07 Å². The Kier molecular flexibility index (Phi) is 3.65. The molecule has 2 aromatic rings. The lowest BCUT2D eigenvalue weighted by atomic mass is 10.0. The fourth-order valence-corrected chi connectivity index (χ4v) is 1.68. The van der Waals surface area contributed by atoms with Crippen LogP contribution in [0.25, 0.3) is 11.1 Å². The summed E-state index contributed by atoms with van der Waals surface area (Å²) in [5, 5.41) is 9.38. The van der Waals surface area contributed by atoms with Crippen LogP contribution in [0.4, 0.5) is 13.2 Å². The lowest BCUT2D eigenvalue weighted by Crippen LogP contribution is -2.16. The van der Waals surface area contributed by atoms with Gasteiger partial charge in [-0.3, -0.25) is 4.79 Å². The molecule has 2 aromatic carbocycles. The molecule has 3 nitrogen and oxygen atoms in total. The van der Waals surface area contributed by atoms with Gasteiger partial charge in [0, 0.05) is 0 Å². The first-order valence-electron chi connectivity index (χ1n) is 5.53. The van der Waals surface area contributed by atoms with Gasteiger partial charge in [-0.15, -0.1) is 13.2 Å². The maximum absolute atomic E-state index is 12.0. The molecule has 0 amide bonds. The normalized spacial score (nSPS) is 11.2. The van der Waals surface area contributed by atoms with Crippen molar-refractivity contribution < 1.29 is 27.8 Å². The fourth-order valence-electron chi connectivity index (χ4n) is 1.68. The Labute approximate surface area is 112 Å². The minimum absolute atomic E-state index is 0.109. The van der Waals surface area contributed by atoms with Crippen LogP contribution in [0.3, 0.4) is 0 Å². The number of halogens is 3. The van der Waals surface area contributed by atoms with E-state index < -0.39 is 6.36 Å². The SMILES string of the molecule is O=Cc1cc(-c2ccc(OC(F)(F)F)cc2)ccc1O. The number of hydrogen-bond acceptors (Lipinski definition) is 3. The predicted molar refractivity (Wildman–Crippen MR) is 65.6 cm³/mol. The smallest absolute Gasteiger partial charge is 0.507 e. The number of carbonyl (C=O) groups is 1. The van der Waals surface area contributed by atoms with Crippen LogP contribution >= 0.6 is 0 Å².